The molecule has 0 saturated heterocycles. The number of allylic oxidation sites excluding steroid dienone is 2. The SMILES string of the molecule is O=C1OC2=C(CC1c1ccccc1)c1ccccc1C2. The number of hydrogen-bond donors (Lipinski definition) is 0. The van der Waals surface area contributed by atoms with Crippen molar-refractivity contribution in [2.24, 2.45) is 0 Å². The van der Waals surface area contributed by atoms with E-state index >= 15 is 0 Å². The number of ether oxygens (including phenoxy) is 1. The van der Waals surface area contributed by atoms with Crippen molar-refractivity contribution in [3.8, 4) is 0 Å². The molecule has 0 N–H and O–H groups in total. The Morgan fingerprint density at radius 3 is 2.55 bits per heavy atom. The molecule has 0 aromatic heterocycles. The maximum Gasteiger partial charge on any atom is 0.318 e. The summed E-state index contributed by atoms with van der Waals surface area (Å²) in [4.78, 5) is 12.2. The van der Waals surface area contributed by atoms with Crippen molar-refractivity contribution in [1.29, 1.82) is 0 Å². The molecule has 0 saturated carbocycles. The Hall–Kier alpha value is -2.35. The lowest BCUT2D eigenvalue weighted by Crippen LogP contribution is -2.21. The second kappa shape index (κ2) is 4.34. The minimum atomic E-state index is -0.180. The predicted molar refractivity (Wildman–Crippen MR) is 77.0 cm³/mol. The average Bonchev–Trinajstić information content (AvgIpc) is 2.84. The number of fused-ring (bicyclic) bond motifs is 2. The minimum absolute atomic E-state index is 0.122. The second-order valence-corrected chi connectivity index (χ2v) is 5.32. The van der Waals surface area contributed by atoms with Gasteiger partial charge in [0.05, 0.1) is 5.92 Å². The van der Waals surface area contributed by atoms with Crippen LogP contribution in [0.3, 0.4) is 0 Å². The Morgan fingerprint density at radius 1 is 0.950 bits per heavy atom. The van der Waals surface area contributed by atoms with Crippen LogP contribution in [0.15, 0.2) is 60.4 Å². The molecule has 98 valence electrons. The average molecular weight is 262 g/mol. The van der Waals surface area contributed by atoms with Gasteiger partial charge in [0.2, 0.25) is 0 Å². The number of benzene rings is 2. The van der Waals surface area contributed by atoms with E-state index in [4.69, 9.17) is 4.74 Å². The zero-order chi connectivity index (χ0) is 13.5. The van der Waals surface area contributed by atoms with Crippen LogP contribution in [-0.2, 0) is 16.0 Å². The molecule has 1 aliphatic carbocycles. The maximum absolute atomic E-state index is 12.2. The summed E-state index contributed by atoms with van der Waals surface area (Å²) in [5.41, 5.74) is 4.75. The third-order valence-electron chi connectivity index (χ3n) is 4.15. The molecule has 1 unspecified atom stereocenters. The van der Waals surface area contributed by atoms with E-state index in [1.54, 1.807) is 0 Å². The fourth-order valence-corrected chi connectivity index (χ4v) is 3.14. The van der Waals surface area contributed by atoms with Gasteiger partial charge in [-0.15, -0.1) is 0 Å². The molecule has 0 spiro atoms. The van der Waals surface area contributed by atoms with E-state index in [-0.39, 0.29) is 11.9 Å². The summed E-state index contributed by atoms with van der Waals surface area (Å²) in [6.45, 7) is 0. The molecule has 2 nitrogen and oxygen atoms in total. The molecule has 2 aromatic carbocycles. The van der Waals surface area contributed by atoms with Crippen LogP contribution in [0.5, 0.6) is 0 Å². The Bertz CT molecular complexity index is 713. The first kappa shape index (κ1) is 11.5. The Labute approximate surface area is 117 Å². The van der Waals surface area contributed by atoms with E-state index in [1.165, 1.54) is 16.7 Å². The van der Waals surface area contributed by atoms with Crippen molar-refractivity contribution in [3.05, 3.63) is 77.0 Å². The Morgan fingerprint density at radius 2 is 1.70 bits per heavy atom. The van der Waals surface area contributed by atoms with Gasteiger partial charge < -0.3 is 4.74 Å². The lowest BCUT2D eigenvalue weighted by molar-refractivity contribution is -0.142. The summed E-state index contributed by atoms with van der Waals surface area (Å²) in [7, 11) is 0. The fraction of sp³-hybridized carbons (Fsp3) is 0.167. The monoisotopic (exact) mass is 262 g/mol. The first-order chi connectivity index (χ1) is 9.83. The topological polar surface area (TPSA) is 26.3 Å². The molecule has 2 heteroatoms. The van der Waals surface area contributed by atoms with Crippen LogP contribution in [0.25, 0.3) is 5.57 Å². The molecule has 1 heterocycles. The summed E-state index contributed by atoms with van der Waals surface area (Å²) in [6.07, 6.45) is 1.49. The van der Waals surface area contributed by atoms with Crippen molar-refractivity contribution in [2.75, 3.05) is 0 Å². The van der Waals surface area contributed by atoms with Gasteiger partial charge in [0.15, 0.2) is 0 Å². The van der Waals surface area contributed by atoms with Crippen LogP contribution in [0, 0.1) is 0 Å². The number of carbonyl (C=O) groups is 1. The van der Waals surface area contributed by atoms with E-state index in [1.807, 2.05) is 42.5 Å². The van der Waals surface area contributed by atoms with Gasteiger partial charge in [-0.2, -0.15) is 0 Å². The molecule has 0 radical (unpaired) electrons. The molecular formula is C18H14O2. The number of rotatable bonds is 1. The summed E-state index contributed by atoms with van der Waals surface area (Å²) < 4.78 is 5.60. The van der Waals surface area contributed by atoms with Gasteiger partial charge in [-0.05, 0) is 28.7 Å². The van der Waals surface area contributed by atoms with Crippen molar-refractivity contribution in [1.82, 2.24) is 0 Å². The van der Waals surface area contributed by atoms with E-state index in [0.29, 0.717) is 0 Å². The minimum Gasteiger partial charge on any atom is -0.430 e. The molecule has 0 fully saturated rings. The lowest BCUT2D eigenvalue weighted by atomic mass is 9.88. The zero-order valence-electron chi connectivity index (χ0n) is 11.0. The number of esters is 1. The second-order valence-electron chi connectivity index (χ2n) is 5.32. The summed E-state index contributed by atoms with van der Waals surface area (Å²) >= 11 is 0. The van der Waals surface area contributed by atoms with Gasteiger partial charge in [0.1, 0.15) is 5.76 Å². The molecule has 1 aliphatic heterocycles. The molecule has 4 rings (SSSR count). The van der Waals surface area contributed by atoms with Gasteiger partial charge in [-0.1, -0.05) is 54.6 Å². The van der Waals surface area contributed by atoms with E-state index in [2.05, 4.69) is 12.1 Å². The van der Waals surface area contributed by atoms with Gasteiger partial charge >= 0.3 is 5.97 Å². The molecule has 0 bridgehead atoms. The molecule has 2 aliphatic rings. The number of carbonyl (C=O) groups excluding carboxylic acids is 1. The first-order valence-electron chi connectivity index (χ1n) is 6.90. The third kappa shape index (κ3) is 1.68. The Kier molecular flexibility index (Phi) is 2.49. The highest BCUT2D eigenvalue weighted by Gasteiger charge is 2.35. The molecule has 2 aromatic rings. The highest BCUT2D eigenvalue weighted by atomic mass is 16.5. The van der Waals surface area contributed by atoms with Crippen LogP contribution in [0.2, 0.25) is 0 Å². The van der Waals surface area contributed by atoms with Crippen LogP contribution in [0.4, 0.5) is 0 Å². The molecule has 20 heavy (non-hydrogen) atoms. The van der Waals surface area contributed by atoms with Crippen LogP contribution >= 0.6 is 0 Å². The standard InChI is InChI=1S/C18H14O2/c19-18-15(12-6-2-1-3-7-12)11-16-14-9-5-4-8-13(14)10-17(16)20-18/h1-9,15H,10-11H2. The molecular weight excluding hydrogens is 248 g/mol. The van der Waals surface area contributed by atoms with Crippen LogP contribution in [0.1, 0.15) is 29.0 Å². The lowest BCUT2D eigenvalue weighted by Gasteiger charge is -2.23. The predicted octanol–water partition coefficient (Wildman–Crippen LogP) is 3.68. The van der Waals surface area contributed by atoms with E-state index in [9.17, 15) is 4.79 Å². The normalized spacial score (nSPS) is 20.4. The molecule has 1 atom stereocenters. The molecule has 0 amide bonds. The smallest absolute Gasteiger partial charge is 0.318 e. The van der Waals surface area contributed by atoms with E-state index in [0.717, 1.165) is 24.2 Å². The van der Waals surface area contributed by atoms with Crippen LogP contribution < -0.4 is 0 Å². The summed E-state index contributed by atoms with van der Waals surface area (Å²) in [5.74, 6) is 0.548. The quantitative estimate of drug-likeness (QED) is 0.733. The van der Waals surface area contributed by atoms with Crippen LogP contribution in [-0.4, -0.2) is 5.97 Å². The summed E-state index contributed by atoms with van der Waals surface area (Å²) in [5, 5.41) is 0. The highest BCUT2D eigenvalue weighted by Crippen LogP contribution is 2.43. The maximum atomic E-state index is 12.2. The Balaban J connectivity index is 1.74. The first-order valence-corrected chi connectivity index (χ1v) is 6.90. The third-order valence-corrected chi connectivity index (χ3v) is 4.15. The zero-order valence-corrected chi connectivity index (χ0v) is 11.0. The van der Waals surface area contributed by atoms with Crippen molar-refractivity contribution < 1.29 is 9.53 Å². The summed E-state index contributed by atoms with van der Waals surface area (Å²) in [6, 6.07) is 18.2. The number of hydrogen-bond acceptors (Lipinski definition) is 2. The van der Waals surface area contributed by atoms with Gasteiger partial charge in [0, 0.05) is 6.42 Å². The van der Waals surface area contributed by atoms with Gasteiger partial charge in [-0.3, -0.25) is 4.79 Å². The van der Waals surface area contributed by atoms with Crippen molar-refractivity contribution in [3.63, 3.8) is 0 Å². The van der Waals surface area contributed by atoms with Crippen molar-refractivity contribution >= 4 is 11.5 Å². The van der Waals surface area contributed by atoms with Gasteiger partial charge in [0.25, 0.3) is 0 Å². The van der Waals surface area contributed by atoms with Crippen molar-refractivity contribution in [2.45, 2.75) is 18.8 Å². The van der Waals surface area contributed by atoms with Gasteiger partial charge in [-0.25, -0.2) is 0 Å². The van der Waals surface area contributed by atoms with E-state index < -0.39 is 0 Å². The largest absolute Gasteiger partial charge is 0.430 e. The highest BCUT2D eigenvalue weighted by molar-refractivity contribution is 5.89. The fourth-order valence-electron chi connectivity index (χ4n) is 3.14.